The van der Waals surface area contributed by atoms with Crippen LogP contribution < -0.4 is 10.6 Å². The van der Waals surface area contributed by atoms with Crippen LogP contribution >= 0.6 is 11.6 Å². The molecule has 7 heteroatoms. The summed E-state index contributed by atoms with van der Waals surface area (Å²) < 4.78 is 0. The molecule has 1 unspecified atom stereocenters. The molecule has 1 aliphatic rings. The van der Waals surface area contributed by atoms with Crippen LogP contribution in [0.2, 0.25) is 5.15 Å². The van der Waals surface area contributed by atoms with Crippen molar-refractivity contribution in [3.05, 3.63) is 17.0 Å². The molecule has 1 saturated heterocycles. The Morgan fingerprint density at radius 3 is 3.06 bits per heavy atom. The summed E-state index contributed by atoms with van der Waals surface area (Å²) in [5, 5.41) is 5.91. The number of nitrogens with zero attached hydrogens (tertiary/aromatic N) is 2. The predicted molar refractivity (Wildman–Crippen MR) is 62.1 cm³/mol. The molecular weight excluding hydrogens is 244 g/mol. The molecule has 2 rings (SSSR count). The van der Waals surface area contributed by atoms with Crippen molar-refractivity contribution in [2.45, 2.75) is 18.9 Å². The summed E-state index contributed by atoms with van der Waals surface area (Å²) in [5.41, 5.74) is 0.235. The lowest BCUT2D eigenvalue weighted by molar-refractivity contribution is -0.119. The molecule has 0 saturated carbocycles. The van der Waals surface area contributed by atoms with E-state index in [4.69, 9.17) is 11.6 Å². The first-order valence-electron chi connectivity index (χ1n) is 5.19. The van der Waals surface area contributed by atoms with Gasteiger partial charge in [-0.1, -0.05) is 11.6 Å². The van der Waals surface area contributed by atoms with Gasteiger partial charge in [-0.25, -0.2) is 9.97 Å². The van der Waals surface area contributed by atoms with Gasteiger partial charge in [0.25, 0.3) is 0 Å². The summed E-state index contributed by atoms with van der Waals surface area (Å²) in [6, 6.07) is 0.0655. The van der Waals surface area contributed by atoms with Crippen LogP contribution in [0.5, 0.6) is 0 Å². The Kier molecular flexibility index (Phi) is 3.53. The van der Waals surface area contributed by atoms with Crippen molar-refractivity contribution < 1.29 is 9.59 Å². The van der Waals surface area contributed by atoms with Crippen molar-refractivity contribution in [1.29, 1.82) is 0 Å². The molecule has 90 valence electrons. The Labute approximate surface area is 103 Å². The number of carbonyl (C=O) groups excluding carboxylic acids is 2. The highest BCUT2D eigenvalue weighted by Crippen LogP contribution is 2.17. The zero-order valence-corrected chi connectivity index (χ0v) is 9.70. The average molecular weight is 255 g/mol. The SMILES string of the molecule is O=Cc1c(Cl)ncnc1NCC1CCC(=O)N1. The van der Waals surface area contributed by atoms with Crippen molar-refractivity contribution in [3.8, 4) is 0 Å². The van der Waals surface area contributed by atoms with E-state index in [-0.39, 0.29) is 22.7 Å². The first kappa shape index (κ1) is 11.8. The zero-order chi connectivity index (χ0) is 12.3. The molecule has 1 aromatic heterocycles. The molecule has 6 nitrogen and oxygen atoms in total. The second-order valence-electron chi connectivity index (χ2n) is 3.73. The quantitative estimate of drug-likeness (QED) is 0.608. The van der Waals surface area contributed by atoms with Crippen molar-refractivity contribution in [1.82, 2.24) is 15.3 Å². The minimum atomic E-state index is 0.0492. The van der Waals surface area contributed by atoms with Gasteiger partial charge in [0.05, 0.1) is 5.56 Å². The van der Waals surface area contributed by atoms with Crippen LogP contribution in [-0.2, 0) is 4.79 Å². The van der Waals surface area contributed by atoms with Crippen LogP contribution in [-0.4, -0.2) is 34.7 Å². The first-order valence-corrected chi connectivity index (χ1v) is 5.57. The van der Waals surface area contributed by atoms with Gasteiger partial charge in [0.1, 0.15) is 17.3 Å². The van der Waals surface area contributed by atoms with E-state index in [9.17, 15) is 9.59 Å². The molecule has 0 spiro atoms. The van der Waals surface area contributed by atoms with E-state index < -0.39 is 0 Å². The number of aromatic nitrogens is 2. The van der Waals surface area contributed by atoms with Crippen molar-refractivity contribution >= 4 is 29.6 Å². The van der Waals surface area contributed by atoms with Gasteiger partial charge in [0.15, 0.2) is 6.29 Å². The highest BCUT2D eigenvalue weighted by atomic mass is 35.5. The molecular formula is C10H11ClN4O2. The maximum Gasteiger partial charge on any atom is 0.220 e. The fourth-order valence-electron chi connectivity index (χ4n) is 1.67. The first-order chi connectivity index (χ1) is 8.20. The van der Waals surface area contributed by atoms with Crippen LogP contribution in [0.1, 0.15) is 23.2 Å². The molecule has 1 atom stereocenters. The molecule has 0 aromatic carbocycles. The summed E-state index contributed by atoms with van der Waals surface area (Å²) in [5.74, 6) is 0.439. The van der Waals surface area contributed by atoms with Gasteiger partial charge in [-0.05, 0) is 6.42 Å². The van der Waals surface area contributed by atoms with Crippen molar-refractivity contribution in [2.75, 3.05) is 11.9 Å². The highest BCUT2D eigenvalue weighted by Gasteiger charge is 2.20. The Hall–Kier alpha value is -1.69. The predicted octanol–water partition coefficient (Wildman–Crippen LogP) is 0.633. The zero-order valence-electron chi connectivity index (χ0n) is 8.94. The van der Waals surface area contributed by atoms with Crippen molar-refractivity contribution in [3.63, 3.8) is 0 Å². The fraction of sp³-hybridized carbons (Fsp3) is 0.400. The lowest BCUT2D eigenvalue weighted by atomic mass is 10.2. The standard InChI is InChI=1S/C10H11ClN4O2/c11-9-7(4-16)10(14-5-13-9)12-3-6-1-2-8(17)15-6/h4-6H,1-3H2,(H,15,17)(H,12,13,14). The maximum absolute atomic E-state index is 11.0. The molecule has 0 bridgehead atoms. The molecule has 1 aliphatic heterocycles. The van der Waals surface area contributed by atoms with E-state index in [2.05, 4.69) is 20.6 Å². The van der Waals surface area contributed by atoms with Gasteiger partial charge in [-0.15, -0.1) is 0 Å². The molecule has 2 heterocycles. The molecule has 2 N–H and O–H groups in total. The number of hydrogen-bond acceptors (Lipinski definition) is 5. The Bertz CT molecular complexity index is 452. The van der Waals surface area contributed by atoms with Crippen LogP contribution in [0.3, 0.4) is 0 Å². The summed E-state index contributed by atoms with van der Waals surface area (Å²) in [4.78, 5) is 29.5. The molecule has 1 fully saturated rings. The molecule has 0 aliphatic carbocycles. The van der Waals surface area contributed by atoms with Gasteiger partial charge in [0.2, 0.25) is 5.91 Å². The van der Waals surface area contributed by atoms with Crippen LogP contribution in [0.25, 0.3) is 0 Å². The Balaban J connectivity index is 2.01. The van der Waals surface area contributed by atoms with E-state index in [1.165, 1.54) is 6.33 Å². The van der Waals surface area contributed by atoms with Gasteiger partial charge in [-0.3, -0.25) is 9.59 Å². The van der Waals surface area contributed by atoms with Crippen LogP contribution in [0, 0.1) is 0 Å². The van der Waals surface area contributed by atoms with E-state index in [1.807, 2.05) is 0 Å². The number of anilines is 1. The monoisotopic (exact) mass is 254 g/mol. The lowest BCUT2D eigenvalue weighted by Gasteiger charge is -2.12. The highest BCUT2D eigenvalue weighted by molar-refractivity contribution is 6.32. The van der Waals surface area contributed by atoms with Crippen molar-refractivity contribution in [2.24, 2.45) is 0 Å². The Morgan fingerprint density at radius 2 is 2.41 bits per heavy atom. The summed E-state index contributed by atoms with van der Waals surface area (Å²) >= 11 is 5.76. The number of hydrogen-bond donors (Lipinski definition) is 2. The normalized spacial score (nSPS) is 18.9. The largest absolute Gasteiger partial charge is 0.367 e. The minimum absolute atomic E-state index is 0.0492. The topological polar surface area (TPSA) is 84.0 Å². The molecule has 1 amide bonds. The second-order valence-corrected chi connectivity index (χ2v) is 4.09. The molecule has 1 aromatic rings. The smallest absolute Gasteiger partial charge is 0.220 e. The third-order valence-electron chi connectivity index (χ3n) is 2.55. The lowest BCUT2D eigenvalue weighted by Crippen LogP contribution is -2.32. The van der Waals surface area contributed by atoms with Crippen LogP contribution in [0.15, 0.2) is 6.33 Å². The van der Waals surface area contributed by atoms with E-state index in [0.717, 1.165) is 6.42 Å². The molecule has 0 radical (unpaired) electrons. The Morgan fingerprint density at radius 1 is 1.59 bits per heavy atom. The average Bonchev–Trinajstić information content (AvgIpc) is 2.72. The van der Waals surface area contributed by atoms with Gasteiger partial charge < -0.3 is 10.6 Å². The van der Waals surface area contributed by atoms with Gasteiger partial charge in [0, 0.05) is 19.0 Å². The van der Waals surface area contributed by atoms with Gasteiger partial charge in [-0.2, -0.15) is 0 Å². The van der Waals surface area contributed by atoms with E-state index in [0.29, 0.717) is 25.1 Å². The fourth-order valence-corrected chi connectivity index (χ4v) is 1.85. The number of halogens is 1. The van der Waals surface area contributed by atoms with E-state index >= 15 is 0 Å². The third-order valence-corrected chi connectivity index (χ3v) is 2.86. The number of nitrogens with one attached hydrogen (secondary N) is 2. The second kappa shape index (κ2) is 5.09. The number of carbonyl (C=O) groups is 2. The number of amides is 1. The third kappa shape index (κ3) is 2.71. The van der Waals surface area contributed by atoms with E-state index in [1.54, 1.807) is 0 Å². The van der Waals surface area contributed by atoms with Crippen LogP contribution in [0.4, 0.5) is 5.82 Å². The molecule has 17 heavy (non-hydrogen) atoms. The van der Waals surface area contributed by atoms with Gasteiger partial charge >= 0.3 is 0 Å². The number of rotatable bonds is 4. The summed E-state index contributed by atoms with van der Waals surface area (Å²) in [7, 11) is 0. The number of aldehydes is 1. The minimum Gasteiger partial charge on any atom is -0.367 e. The maximum atomic E-state index is 11.0. The summed E-state index contributed by atoms with van der Waals surface area (Å²) in [6.07, 6.45) is 3.21. The summed E-state index contributed by atoms with van der Waals surface area (Å²) in [6.45, 7) is 0.514.